The molecule has 0 aliphatic carbocycles. The van der Waals surface area contributed by atoms with Gasteiger partial charge in [-0.1, -0.05) is 0 Å². The number of carboxylic acid groups (broad SMARTS) is 1. The van der Waals surface area contributed by atoms with E-state index in [2.05, 4.69) is 0 Å². The number of hydrogen-bond donors (Lipinski definition) is 2. The third-order valence-electron chi connectivity index (χ3n) is 2.01. The van der Waals surface area contributed by atoms with Crippen molar-refractivity contribution in [2.45, 2.75) is 25.8 Å². The lowest BCUT2D eigenvalue weighted by Gasteiger charge is -2.03. The first kappa shape index (κ1) is 15.0. The van der Waals surface area contributed by atoms with Crippen LogP contribution in [-0.2, 0) is 11.3 Å². The van der Waals surface area contributed by atoms with Crippen LogP contribution in [0.4, 0.5) is 4.39 Å². The van der Waals surface area contributed by atoms with Gasteiger partial charge in [0.05, 0.1) is 6.20 Å². The fourth-order valence-electron chi connectivity index (χ4n) is 1.21. The highest BCUT2D eigenvalue weighted by molar-refractivity contribution is 5.66. The summed E-state index contributed by atoms with van der Waals surface area (Å²) < 4.78 is 13.8. The highest BCUT2D eigenvalue weighted by Gasteiger charge is 2.03. The summed E-state index contributed by atoms with van der Waals surface area (Å²) in [6.07, 6.45) is 1.64. The summed E-state index contributed by atoms with van der Waals surface area (Å²) in [5, 5.41) is 8.37. The largest absolute Gasteiger partial charge is 0.481 e. The van der Waals surface area contributed by atoms with Crippen molar-refractivity contribution in [1.82, 2.24) is 9.55 Å². The monoisotopic (exact) mass is 248 g/mol. The third-order valence-corrected chi connectivity index (χ3v) is 2.01. The summed E-state index contributed by atoms with van der Waals surface area (Å²) in [6.45, 7) is 0.180. The maximum Gasteiger partial charge on any atom is 0.328 e. The molecule has 1 rings (SSSR count). The van der Waals surface area contributed by atoms with Crippen molar-refractivity contribution < 1.29 is 19.8 Å². The van der Waals surface area contributed by atoms with Crippen LogP contribution in [0.15, 0.2) is 15.8 Å². The second-order valence-corrected chi connectivity index (χ2v) is 3.28. The number of H-pyrrole nitrogens is 1. The fourth-order valence-corrected chi connectivity index (χ4v) is 1.21. The molecule has 17 heavy (non-hydrogen) atoms. The predicted octanol–water partition coefficient (Wildman–Crippen LogP) is -0.894. The van der Waals surface area contributed by atoms with E-state index in [9.17, 15) is 18.8 Å². The Morgan fingerprint density at radius 3 is 2.65 bits per heavy atom. The van der Waals surface area contributed by atoms with Crippen molar-refractivity contribution in [3.05, 3.63) is 32.9 Å². The highest BCUT2D eigenvalue weighted by Crippen LogP contribution is 1.97. The second-order valence-electron chi connectivity index (χ2n) is 3.28. The number of halogens is 1. The Kier molecular flexibility index (Phi) is 5.83. The lowest BCUT2D eigenvalue weighted by molar-refractivity contribution is -0.137. The third kappa shape index (κ3) is 4.60. The zero-order valence-corrected chi connectivity index (χ0v) is 8.90. The zero-order chi connectivity index (χ0) is 12.1. The molecule has 0 aliphatic rings. The van der Waals surface area contributed by atoms with Gasteiger partial charge in [-0.05, 0) is 12.8 Å². The van der Waals surface area contributed by atoms with Gasteiger partial charge in [0.15, 0.2) is 0 Å². The molecule has 1 aromatic rings. The molecule has 1 aromatic heterocycles. The van der Waals surface area contributed by atoms with Gasteiger partial charge in [-0.2, -0.15) is 4.39 Å². The Balaban J connectivity index is 0.00000256. The molecular formula is C9H13FN2O5. The smallest absolute Gasteiger partial charge is 0.328 e. The van der Waals surface area contributed by atoms with Gasteiger partial charge in [-0.25, -0.2) is 4.79 Å². The van der Waals surface area contributed by atoms with Crippen molar-refractivity contribution in [3.8, 4) is 0 Å². The number of aliphatic carboxylic acids is 1. The molecule has 0 amide bonds. The molecular weight excluding hydrogens is 235 g/mol. The number of nitrogens with zero attached hydrogens (tertiary/aromatic N) is 1. The number of aryl methyl sites for hydroxylation is 1. The van der Waals surface area contributed by atoms with Crippen LogP contribution in [-0.4, -0.2) is 26.1 Å². The molecule has 0 atom stereocenters. The molecule has 7 nitrogen and oxygen atoms in total. The Morgan fingerprint density at radius 1 is 1.41 bits per heavy atom. The predicted molar refractivity (Wildman–Crippen MR) is 56.4 cm³/mol. The first-order chi connectivity index (χ1) is 7.50. The number of nitrogens with one attached hydrogen (secondary N) is 1. The lowest BCUT2D eigenvalue weighted by Crippen LogP contribution is -2.31. The lowest BCUT2D eigenvalue weighted by atomic mass is 10.2. The van der Waals surface area contributed by atoms with Gasteiger partial charge in [0, 0.05) is 13.0 Å². The van der Waals surface area contributed by atoms with E-state index in [-0.39, 0.29) is 18.4 Å². The minimum Gasteiger partial charge on any atom is -0.481 e. The molecule has 0 fully saturated rings. The average molecular weight is 248 g/mol. The molecule has 4 N–H and O–H groups in total. The van der Waals surface area contributed by atoms with Crippen LogP contribution in [0.1, 0.15) is 19.3 Å². The van der Waals surface area contributed by atoms with E-state index in [1.165, 1.54) is 0 Å². The molecule has 0 bridgehead atoms. The number of hydrogen-bond acceptors (Lipinski definition) is 3. The van der Waals surface area contributed by atoms with Crippen LogP contribution < -0.4 is 11.2 Å². The van der Waals surface area contributed by atoms with Gasteiger partial charge in [0.1, 0.15) is 0 Å². The summed E-state index contributed by atoms with van der Waals surface area (Å²) in [5.74, 6) is -1.95. The van der Waals surface area contributed by atoms with Crippen LogP contribution >= 0.6 is 0 Å². The molecule has 8 heteroatoms. The van der Waals surface area contributed by atoms with E-state index in [4.69, 9.17) is 5.11 Å². The number of rotatable bonds is 5. The highest BCUT2D eigenvalue weighted by atomic mass is 19.1. The zero-order valence-electron chi connectivity index (χ0n) is 8.90. The van der Waals surface area contributed by atoms with Gasteiger partial charge < -0.3 is 10.6 Å². The van der Waals surface area contributed by atoms with Crippen molar-refractivity contribution in [2.75, 3.05) is 0 Å². The number of aromatic amines is 1. The maximum atomic E-state index is 12.8. The second kappa shape index (κ2) is 6.59. The van der Waals surface area contributed by atoms with Crippen LogP contribution in [0, 0.1) is 5.82 Å². The molecule has 96 valence electrons. The molecule has 0 saturated heterocycles. The number of aromatic nitrogens is 2. The Morgan fingerprint density at radius 2 is 2.06 bits per heavy atom. The van der Waals surface area contributed by atoms with Crippen LogP contribution in [0.2, 0.25) is 0 Å². The van der Waals surface area contributed by atoms with E-state index in [0.717, 1.165) is 10.8 Å². The summed E-state index contributed by atoms with van der Waals surface area (Å²) in [7, 11) is 0. The van der Waals surface area contributed by atoms with E-state index in [0.29, 0.717) is 12.8 Å². The maximum absolute atomic E-state index is 12.8. The van der Waals surface area contributed by atoms with Gasteiger partial charge >= 0.3 is 11.7 Å². The molecule has 0 aromatic carbocycles. The average Bonchev–Trinajstić information content (AvgIpc) is 2.19. The quantitative estimate of drug-likeness (QED) is 0.655. The van der Waals surface area contributed by atoms with Crippen molar-refractivity contribution in [2.24, 2.45) is 0 Å². The van der Waals surface area contributed by atoms with E-state index < -0.39 is 23.0 Å². The topological polar surface area (TPSA) is 124 Å². The summed E-state index contributed by atoms with van der Waals surface area (Å²) in [5.41, 5.74) is -1.74. The molecule has 0 radical (unpaired) electrons. The van der Waals surface area contributed by atoms with Crippen LogP contribution in [0.3, 0.4) is 0 Å². The minimum atomic E-state index is -1.05. The van der Waals surface area contributed by atoms with E-state index >= 15 is 0 Å². The van der Waals surface area contributed by atoms with E-state index in [1.54, 1.807) is 0 Å². The fraction of sp³-hybridized carbons (Fsp3) is 0.444. The van der Waals surface area contributed by atoms with Crippen molar-refractivity contribution in [1.29, 1.82) is 0 Å². The van der Waals surface area contributed by atoms with E-state index in [1.807, 2.05) is 4.98 Å². The minimum absolute atomic E-state index is 0. The summed E-state index contributed by atoms with van der Waals surface area (Å²) in [6, 6.07) is 0. The van der Waals surface area contributed by atoms with Gasteiger partial charge in [0.2, 0.25) is 5.82 Å². The number of carbonyl (C=O) groups is 1. The molecule has 0 spiro atoms. The molecule has 0 saturated carbocycles. The van der Waals surface area contributed by atoms with Crippen molar-refractivity contribution in [3.63, 3.8) is 0 Å². The standard InChI is InChI=1S/C9H11FN2O4.H2O/c10-6-5-12(9(16)11-8(6)15)4-2-1-3-7(13)14;/h5H,1-4H2,(H,13,14)(H,11,15,16);1H2. The van der Waals surface area contributed by atoms with Gasteiger partial charge in [0.25, 0.3) is 5.56 Å². The first-order valence-corrected chi connectivity index (χ1v) is 4.72. The molecule has 0 aliphatic heterocycles. The number of carboxylic acids is 1. The number of unbranched alkanes of at least 4 members (excludes halogenated alkanes) is 1. The van der Waals surface area contributed by atoms with Gasteiger partial charge in [-0.15, -0.1) is 0 Å². The van der Waals surface area contributed by atoms with Crippen LogP contribution in [0.25, 0.3) is 0 Å². The first-order valence-electron chi connectivity index (χ1n) is 4.72. The summed E-state index contributed by atoms with van der Waals surface area (Å²) in [4.78, 5) is 33.9. The Hall–Kier alpha value is -1.96. The van der Waals surface area contributed by atoms with Crippen LogP contribution in [0.5, 0.6) is 0 Å². The normalized spacial score (nSPS) is 9.71. The SMILES string of the molecule is O.O=C(O)CCCCn1cc(F)c(=O)[nH]c1=O. The van der Waals surface area contributed by atoms with Gasteiger partial charge in [-0.3, -0.25) is 19.1 Å². The summed E-state index contributed by atoms with van der Waals surface area (Å²) >= 11 is 0. The molecule has 1 heterocycles. The Bertz CT molecular complexity index is 493. The Labute approximate surface area is 94.8 Å². The van der Waals surface area contributed by atoms with Crippen molar-refractivity contribution >= 4 is 5.97 Å². The molecule has 0 unspecified atom stereocenters.